The van der Waals surface area contributed by atoms with Crippen LogP contribution in [0, 0.1) is 0 Å². The molecular weight excluding hydrogens is 685 g/mol. The van der Waals surface area contributed by atoms with E-state index in [9.17, 15) is 0 Å². The molecule has 3 heterocycles. The van der Waals surface area contributed by atoms with Crippen LogP contribution in [0.15, 0.2) is 192 Å². The first-order valence-electron chi connectivity index (χ1n) is 19.0. The monoisotopic (exact) mass is 718 g/mol. The quantitative estimate of drug-likeness (QED) is 0.171. The Morgan fingerprint density at radius 1 is 0.464 bits per heavy atom. The molecule has 0 amide bonds. The lowest BCUT2D eigenvalue weighted by atomic mass is 9.82. The van der Waals surface area contributed by atoms with Gasteiger partial charge in [0.25, 0.3) is 0 Å². The molecule has 5 heteroatoms. The third kappa shape index (κ3) is 5.36. The number of furan rings is 1. The topological polar surface area (TPSA) is 55.1 Å². The Balaban J connectivity index is 1.00. The van der Waals surface area contributed by atoms with Gasteiger partial charge in [0.15, 0.2) is 17.5 Å². The molecule has 2 atom stereocenters. The fourth-order valence-corrected chi connectivity index (χ4v) is 8.51. The molecule has 264 valence electrons. The molecule has 9 aromatic rings. The molecule has 0 spiro atoms. The SMILES string of the molecule is C1=CC2C(c3ccccc3N2c2cccc(-c3ccc(-c4ccccc4)cc3)c2)c2c1oc1c(-c3nc(-c4ccccc4)nc(-c4ccccc4)n3)cccc21. The molecule has 2 aliphatic rings. The van der Waals surface area contributed by atoms with E-state index in [0.717, 1.165) is 39.1 Å². The Bertz CT molecular complexity index is 2860. The van der Waals surface area contributed by atoms with E-state index in [1.807, 2.05) is 60.7 Å². The van der Waals surface area contributed by atoms with Crippen LogP contribution in [-0.4, -0.2) is 21.0 Å². The third-order valence-corrected chi connectivity index (χ3v) is 11.1. The standard InChI is InChI=1S/C51H34N4O/c1-4-14-33(15-5-1)34-26-28-35(29-27-34)38-20-12-21-39(32-38)55-43-25-11-10-22-40(43)46-44(55)30-31-45-47(46)41-23-13-24-42(48(41)56-45)51-53-49(36-16-6-2-7-17-36)52-50(54-51)37-18-8-3-9-19-37/h1-32,44,46H. The van der Waals surface area contributed by atoms with Crippen molar-refractivity contribution in [3.8, 4) is 56.4 Å². The first kappa shape index (κ1) is 32.1. The molecule has 2 unspecified atom stereocenters. The summed E-state index contributed by atoms with van der Waals surface area (Å²) in [5.74, 6) is 2.76. The van der Waals surface area contributed by atoms with E-state index in [1.54, 1.807) is 0 Å². The van der Waals surface area contributed by atoms with Gasteiger partial charge in [-0.15, -0.1) is 0 Å². The smallest absolute Gasteiger partial charge is 0.167 e. The second-order valence-corrected chi connectivity index (χ2v) is 14.4. The first-order valence-corrected chi connectivity index (χ1v) is 19.0. The lowest BCUT2D eigenvalue weighted by Crippen LogP contribution is -2.30. The van der Waals surface area contributed by atoms with Gasteiger partial charge in [0.2, 0.25) is 0 Å². The van der Waals surface area contributed by atoms with E-state index in [4.69, 9.17) is 19.4 Å². The van der Waals surface area contributed by atoms with E-state index < -0.39 is 0 Å². The molecule has 56 heavy (non-hydrogen) atoms. The van der Waals surface area contributed by atoms with Gasteiger partial charge in [0, 0.05) is 39.4 Å². The van der Waals surface area contributed by atoms with Crippen molar-refractivity contribution in [3.63, 3.8) is 0 Å². The average Bonchev–Trinajstić information content (AvgIpc) is 3.83. The van der Waals surface area contributed by atoms with Crippen molar-refractivity contribution in [3.05, 3.63) is 205 Å². The van der Waals surface area contributed by atoms with Crippen LogP contribution < -0.4 is 4.90 Å². The van der Waals surface area contributed by atoms with Gasteiger partial charge in [-0.3, -0.25) is 0 Å². The van der Waals surface area contributed by atoms with Gasteiger partial charge in [-0.1, -0.05) is 164 Å². The highest BCUT2D eigenvalue weighted by molar-refractivity contribution is 5.97. The Hall–Kier alpha value is -7.37. The zero-order chi connectivity index (χ0) is 37.0. The number of fused-ring (bicyclic) bond motifs is 7. The van der Waals surface area contributed by atoms with Gasteiger partial charge in [0.05, 0.1) is 11.6 Å². The summed E-state index contributed by atoms with van der Waals surface area (Å²) in [5.41, 5.74) is 13.1. The highest BCUT2D eigenvalue weighted by atomic mass is 16.3. The fraction of sp³-hybridized carbons (Fsp3) is 0.0392. The largest absolute Gasteiger partial charge is 0.456 e. The minimum absolute atomic E-state index is 0.0617. The molecule has 1 aliphatic carbocycles. The molecule has 7 aromatic carbocycles. The molecule has 0 saturated heterocycles. The molecule has 0 fully saturated rings. The molecule has 0 saturated carbocycles. The van der Waals surface area contributed by atoms with Crippen LogP contribution in [0.4, 0.5) is 11.4 Å². The molecule has 2 aromatic heterocycles. The van der Waals surface area contributed by atoms with Crippen LogP contribution in [0.5, 0.6) is 0 Å². The minimum atomic E-state index is 0.0617. The average molecular weight is 719 g/mol. The number of hydrogen-bond acceptors (Lipinski definition) is 5. The summed E-state index contributed by atoms with van der Waals surface area (Å²) >= 11 is 0. The molecule has 11 rings (SSSR count). The molecule has 0 N–H and O–H groups in total. The predicted octanol–water partition coefficient (Wildman–Crippen LogP) is 12.6. The van der Waals surface area contributed by atoms with Gasteiger partial charge < -0.3 is 9.32 Å². The lowest BCUT2D eigenvalue weighted by Gasteiger charge is -2.30. The van der Waals surface area contributed by atoms with Crippen molar-refractivity contribution in [1.29, 1.82) is 0 Å². The van der Waals surface area contributed by atoms with Crippen molar-refractivity contribution in [2.75, 3.05) is 4.90 Å². The summed E-state index contributed by atoms with van der Waals surface area (Å²) in [7, 11) is 0. The van der Waals surface area contributed by atoms with Gasteiger partial charge in [-0.25, -0.2) is 15.0 Å². The van der Waals surface area contributed by atoms with Crippen molar-refractivity contribution < 1.29 is 4.42 Å². The highest BCUT2D eigenvalue weighted by Crippen LogP contribution is 2.54. The van der Waals surface area contributed by atoms with Crippen LogP contribution in [0.1, 0.15) is 22.8 Å². The van der Waals surface area contributed by atoms with Crippen LogP contribution in [0.2, 0.25) is 0 Å². The second kappa shape index (κ2) is 13.2. The summed E-state index contributed by atoms with van der Waals surface area (Å²) in [6.07, 6.45) is 4.46. The number of benzene rings is 7. The summed E-state index contributed by atoms with van der Waals surface area (Å²) in [6.45, 7) is 0. The Kier molecular flexibility index (Phi) is 7.56. The molecule has 1 aliphatic heterocycles. The number of hydrogen-bond donors (Lipinski definition) is 0. The summed E-state index contributed by atoms with van der Waals surface area (Å²) in [4.78, 5) is 17.5. The number of para-hydroxylation sites is 2. The molecule has 0 radical (unpaired) electrons. The van der Waals surface area contributed by atoms with Crippen LogP contribution in [0.3, 0.4) is 0 Å². The highest BCUT2D eigenvalue weighted by Gasteiger charge is 2.43. The van der Waals surface area contributed by atoms with Crippen molar-refractivity contribution in [2.45, 2.75) is 12.0 Å². The van der Waals surface area contributed by atoms with E-state index in [1.165, 1.54) is 39.1 Å². The maximum atomic E-state index is 6.84. The van der Waals surface area contributed by atoms with E-state index in [-0.39, 0.29) is 12.0 Å². The third-order valence-electron chi connectivity index (χ3n) is 11.1. The first-order chi connectivity index (χ1) is 27.8. The van der Waals surface area contributed by atoms with Gasteiger partial charge >= 0.3 is 0 Å². The molecule has 5 nitrogen and oxygen atoms in total. The number of anilines is 2. The number of nitrogens with zero attached hydrogens (tertiary/aromatic N) is 4. The summed E-state index contributed by atoms with van der Waals surface area (Å²) in [6, 6.07) is 63.7. The normalized spacial score (nSPS) is 15.4. The van der Waals surface area contributed by atoms with Crippen molar-refractivity contribution >= 4 is 28.4 Å². The number of rotatable bonds is 6. The van der Waals surface area contributed by atoms with Crippen LogP contribution in [-0.2, 0) is 0 Å². The van der Waals surface area contributed by atoms with Gasteiger partial charge in [-0.05, 0) is 58.2 Å². The van der Waals surface area contributed by atoms with Gasteiger partial charge in [0.1, 0.15) is 11.3 Å². The maximum Gasteiger partial charge on any atom is 0.167 e. The second-order valence-electron chi connectivity index (χ2n) is 14.4. The van der Waals surface area contributed by atoms with Crippen LogP contribution >= 0.6 is 0 Å². The molecular formula is C51H34N4O. The fourth-order valence-electron chi connectivity index (χ4n) is 8.51. The maximum absolute atomic E-state index is 6.84. The van der Waals surface area contributed by atoms with E-state index >= 15 is 0 Å². The van der Waals surface area contributed by atoms with Crippen molar-refractivity contribution in [1.82, 2.24) is 15.0 Å². The van der Waals surface area contributed by atoms with E-state index in [0.29, 0.717) is 17.5 Å². The zero-order valence-corrected chi connectivity index (χ0v) is 30.3. The van der Waals surface area contributed by atoms with E-state index in [2.05, 4.69) is 138 Å². The molecule has 0 bridgehead atoms. The zero-order valence-electron chi connectivity index (χ0n) is 30.3. The Labute approximate surface area is 324 Å². The lowest BCUT2D eigenvalue weighted by molar-refractivity contribution is 0.584. The number of aromatic nitrogens is 3. The predicted molar refractivity (Wildman–Crippen MR) is 226 cm³/mol. The van der Waals surface area contributed by atoms with Gasteiger partial charge in [-0.2, -0.15) is 0 Å². The minimum Gasteiger partial charge on any atom is -0.456 e. The Morgan fingerprint density at radius 3 is 1.71 bits per heavy atom. The van der Waals surface area contributed by atoms with Crippen molar-refractivity contribution in [2.24, 2.45) is 0 Å². The Morgan fingerprint density at radius 2 is 1.02 bits per heavy atom. The summed E-state index contributed by atoms with van der Waals surface area (Å²) < 4.78 is 6.84. The summed E-state index contributed by atoms with van der Waals surface area (Å²) in [5, 5.41) is 1.07. The van der Waals surface area contributed by atoms with Crippen LogP contribution in [0.25, 0.3) is 73.5 Å².